The molecule has 1 saturated carbocycles. The molecule has 0 unspecified atom stereocenters. The maximum atomic E-state index is 11.1. The average molecular weight is 208 g/mol. The van der Waals surface area contributed by atoms with Gasteiger partial charge in [0, 0.05) is 11.8 Å². The van der Waals surface area contributed by atoms with E-state index in [1.165, 1.54) is 38.2 Å². The summed E-state index contributed by atoms with van der Waals surface area (Å²) in [6.45, 7) is 0. The molecule has 2 rings (SSSR count). The van der Waals surface area contributed by atoms with Crippen LogP contribution in [0.15, 0.2) is 15.7 Å². The highest BCUT2D eigenvalue weighted by molar-refractivity contribution is 5.00. The first-order valence-corrected chi connectivity index (χ1v) is 5.56. The van der Waals surface area contributed by atoms with Crippen molar-refractivity contribution in [3.8, 4) is 0 Å². The number of nitrogens with one attached hydrogen (secondary N) is 2. The van der Waals surface area contributed by atoms with E-state index in [9.17, 15) is 9.59 Å². The van der Waals surface area contributed by atoms with Crippen LogP contribution in [0.1, 0.15) is 37.8 Å². The maximum Gasteiger partial charge on any atom is 0.325 e. The summed E-state index contributed by atoms with van der Waals surface area (Å²) in [7, 11) is 0. The third-order valence-corrected chi connectivity index (χ3v) is 3.05. The molecule has 1 fully saturated rings. The van der Waals surface area contributed by atoms with E-state index in [-0.39, 0.29) is 5.56 Å². The van der Waals surface area contributed by atoms with Crippen LogP contribution in [-0.2, 0) is 6.42 Å². The first-order valence-electron chi connectivity index (χ1n) is 5.56. The Morgan fingerprint density at radius 3 is 2.53 bits per heavy atom. The largest absolute Gasteiger partial charge is 0.325 e. The first-order chi connectivity index (χ1) is 7.24. The van der Waals surface area contributed by atoms with Crippen LogP contribution in [-0.4, -0.2) is 9.97 Å². The lowest BCUT2D eigenvalue weighted by molar-refractivity contribution is 0.354. The normalized spacial score (nSPS) is 17.9. The Kier molecular flexibility index (Phi) is 3.04. The lowest BCUT2D eigenvalue weighted by Crippen LogP contribution is -2.24. The summed E-state index contributed by atoms with van der Waals surface area (Å²) in [5.74, 6) is 0.635. The summed E-state index contributed by atoms with van der Waals surface area (Å²) < 4.78 is 0. The van der Waals surface area contributed by atoms with E-state index < -0.39 is 5.69 Å². The van der Waals surface area contributed by atoms with Crippen LogP contribution in [0.4, 0.5) is 0 Å². The highest BCUT2D eigenvalue weighted by atomic mass is 16.2. The summed E-state index contributed by atoms with van der Waals surface area (Å²) in [6.07, 6.45) is 7.14. The molecule has 4 nitrogen and oxygen atoms in total. The van der Waals surface area contributed by atoms with E-state index >= 15 is 0 Å². The van der Waals surface area contributed by atoms with Crippen molar-refractivity contribution in [2.45, 2.75) is 38.5 Å². The Morgan fingerprint density at radius 2 is 1.87 bits per heavy atom. The zero-order valence-corrected chi connectivity index (χ0v) is 8.71. The van der Waals surface area contributed by atoms with Gasteiger partial charge in [-0.15, -0.1) is 0 Å². The molecule has 82 valence electrons. The molecular formula is C11H16N2O2. The van der Waals surface area contributed by atoms with Gasteiger partial charge >= 0.3 is 5.69 Å². The highest BCUT2D eigenvalue weighted by Gasteiger charge is 2.14. The summed E-state index contributed by atoms with van der Waals surface area (Å²) in [5, 5.41) is 0. The molecular weight excluding hydrogens is 192 g/mol. The van der Waals surface area contributed by atoms with Crippen LogP contribution < -0.4 is 11.2 Å². The van der Waals surface area contributed by atoms with Crippen molar-refractivity contribution in [3.63, 3.8) is 0 Å². The summed E-state index contributed by atoms with van der Waals surface area (Å²) in [5.41, 5.74) is 0.0773. The van der Waals surface area contributed by atoms with Crippen molar-refractivity contribution in [2.75, 3.05) is 0 Å². The summed E-state index contributed by atoms with van der Waals surface area (Å²) >= 11 is 0. The predicted molar refractivity (Wildman–Crippen MR) is 58.0 cm³/mol. The van der Waals surface area contributed by atoms with E-state index in [4.69, 9.17) is 0 Å². The molecule has 0 aliphatic heterocycles. The lowest BCUT2D eigenvalue weighted by Gasteiger charge is -2.20. The first kappa shape index (κ1) is 10.2. The minimum absolute atomic E-state index is 0.301. The number of hydrogen-bond donors (Lipinski definition) is 2. The van der Waals surface area contributed by atoms with Crippen LogP contribution in [0.25, 0.3) is 0 Å². The van der Waals surface area contributed by atoms with Gasteiger partial charge in [0.05, 0.1) is 0 Å². The molecule has 1 aliphatic carbocycles. The van der Waals surface area contributed by atoms with Crippen LogP contribution in [0.2, 0.25) is 0 Å². The van der Waals surface area contributed by atoms with Gasteiger partial charge in [0.15, 0.2) is 0 Å². The van der Waals surface area contributed by atoms with Gasteiger partial charge in [-0.25, -0.2) is 4.79 Å². The number of aromatic nitrogens is 2. The quantitative estimate of drug-likeness (QED) is 0.766. The number of hydrogen-bond acceptors (Lipinski definition) is 2. The Hall–Kier alpha value is -1.32. The van der Waals surface area contributed by atoms with E-state index in [2.05, 4.69) is 9.97 Å². The predicted octanol–water partition coefficient (Wildman–Crippen LogP) is 1.19. The Bertz CT molecular complexity index is 398. The Balaban J connectivity index is 2.09. The standard InChI is InChI=1S/C11H16N2O2/c14-10-7-9(12-11(15)13-10)6-8-4-2-1-3-5-8/h7-8H,1-6H2,(H2,12,13,14,15). The minimum Gasteiger partial charge on any atom is -0.311 e. The summed E-state index contributed by atoms with van der Waals surface area (Å²) in [6, 6.07) is 1.50. The fraction of sp³-hybridized carbons (Fsp3) is 0.636. The number of aromatic amines is 2. The van der Waals surface area contributed by atoms with Gasteiger partial charge in [-0.3, -0.25) is 9.78 Å². The van der Waals surface area contributed by atoms with Crippen molar-refractivity contribution in [2.24, 2.45) is 5.92 Å². The van der Waals surface area contributed by atoms with Gasteiger partial charge in [0.25, 0.3) is 5.56 Å². The van der Waals surface area contributed by atoms with Crippen molar-refractivity contribution in [3.05, 3.63) is 32.6 Å². The average Bonchev–Trinajstić information content (AvgIpc) is 2.17. The molecule has 1 aromatic rings. The number of H-pyrrole nitrogens is 2. The molecule has 0 bridgehead atoms. The smallest absolute Gasteiger partial charge is 0.311 e. The van der Waals surface area contributed by atoms with Crippen LogP contribution in [0.5, 0.6) is 0 Å². The third-order valence-electron chi connectivity index (χ3n) is 3.05. The molecule has 1 aliphatic rings. The van der Waals surface area contributed by atoms with Gasteiger partial charge in [-0.1, -0.05) is 32.1 Å². The topological polar surface area (TPSA) is 65.7 Å². The molecule has 4 heteroatoms. The molecule has 0 saturated heterocycles. The zero-order chi connectivity index (χ0) is 10.7. The molecule has 0 radical (unpaired) electrons. The molecule has 0 atom stereocenters. The highest BCUT2D eigenvalue weighted by Crippen LogP contribution is 2.25. The van der Waals surface area contributed by atoms with Crippen molar-refractivity contribution < 1.29 is 0 Å². The molecule has 15 heavy (non-hydrogen) atoms. The van der Waals surface area contributed by atoms with Crippen molar-refractivity contribution in [1.29, 1.82) is 0 Å². The molecule has 0 aromatic carbocycles. The SMILES string of the molecule is O=c1cc(CC2CCCCC2)[nH]c(=O)[nH]1. The van der Waals surface area contributed by atoms with E-state index in [1.54, 1.807) is 0 Å². The van der Waals surface area contributed by atoms with Crippen molar-refractivity contribution in [1.82, 2.24) is 9.97 Å². The van der Waals surface area contributed by atoms with Crippen LogP contribution in [0.3, 0.4) is 0 Å². The van der Waals surface area contributed by atoms with Gasteiger partial charge < -0.3 is 4.98 Å². The molecule has 1 heterocycles. The number of rotatable bonds is 2. The second-order valence-electron chi connectivity index (χ2n) is 4.32. The fourth-order valence-corrected chi connectivity index (χ4v) is 2.33. The van der Waals surface area contributed by atoms with Gasteiger partial charge in [-0.05, 0) is 12.3 Å². The maximum absolute atomic E-state index is 11.1. The molecule has 0 amide bonds. The molecule has 2 N–H and O–H groups in total. The summed E-state index contributed by atoms with van der Waals surface area (Å²) in [4.78, 5) is 27.0. The van der Waals surface area contributed by atoms with Gasteiger partial charge in [0.1, 0.15) is 0 Å². The molecule has 0 spiro atoms. The molecule has 1 aromatic heterocycles. The second kappa shape index (κ2) is 4.47. The van der Waals surface area contributed by atoms with Crippen LogP contribution in [0, 0.1) is 5.92 Å². The van der Waals surface area contributed by atoms with Gasteiger partial charge in [0.2, 0.25) is 0 Å². The zero-order valence-electron chi connectivity index (χ0n) is 8.71. The fourth-order valence-electron chi connectivity index (χ4n) is 2.33. The van der Waals surface area contributed by atoms with Crippen LogP contribution >= 0.6 is 0 Å². The third kappa shape index (κ3) is 2.81. The minimum atomic E-state index is -0.395. The van der Waals surface area contributed by atoms with E-state index in [1.807, 2.05) is 0 Å². The Morgan fingerprint density at radius 1 is 1.13 bits per heavy atom. The Labute approximate surface area is 87.7 Å². The van der Waals surface area contributed by atoms with E-state index in [0.717, 1.165) is 12.1 Å². The van der Waals surface area contributed by atoms with E-state index in [0.29, 0.717) is 5.92 Å². The lowest BCUT2D eigenvalue weighted by atomic mass is 9.86. The second-order valence-corrected chi connectivity index (χ2v) is 4.32. The van der Waals surface area contributed by atoms with Crippen molar-refractivity contribution >= 4 is 0 Å². The van der Waals surface area contributed by atoms with Gasteiger partial charge in [-0.2, -0.15) is 0 Å². The monoisotopic (exact) mass is 208 g/mol.